The lowest BCUT2D eigenvalue weighted by Crippen LogP contribution is -2.18. The van der Waals surface area contributed by atoms with Gasteiger partial charge in [0.2, 0.25) is 0 Å². The van der Waals surface area contributed by atoms with Crippen LogP contribution in [0.25, 0.3) is 22.2 Å². The third-order valence-electron chi connectivity index (χ3n) is 5.76. The summed E-state index contributed by atoms with van der Waals surface area (Å²) in [6.07, 6.45) is 2.84. The van der Waals surface area contributed by atoms with Crippen LogP contribution < -0.4 is 10.1 Å². The first-order valence-corrected chi connectivity index (χ1v) is 10.9. The number of amides is 1. The van der Waals surface area contributed by atoms with Crippen molar-refractivity contribution in [2.45, 2.75) is 32.2 Å². The Bertz CT molecular complexity index is 1140. The Labute approximate surface area is 187 Å². The van der Waals surface area contributed by atoms with Crippen LogP contribution in [-0.4, -0.2) is 37.6 Å². The standard InChI is InChI=1S/C25H27N3O4/c1-3-31-20-11-12-21-22(16-26)24(28(23(21)15-20)19-5-4-6-19)17-7-9-18(10-8-17)27-25(29)32-14-13-30-2/h7-12,15,19H,3-6,13-14H2,1-2H3,(H,27,29). The fourth-order valence-electron chi connectivity index (χ4n) is 4.05. The molecule has 1 aromatic heterocycles. The highest BCUT2D eigenvalue weighted by molar-refractivity contribution is 5.96. The molecule has 4 rings (SSSR count). The first-order valence-electron chi connectivity index (χ1n) is 10.9. The molecular weight excluding hydrogens is 406 g/mol. The van der Waals surface area contributed by atoms with E-state index in [1.54, 1.807) is 7.11 Å². The van der Waals surface area contributed by atoms with Crippen LogP contribution in [0.4, 0.5) is 10.5 Å². The normalized spacial score (nSPS) is 13.4. The van der Waals surface area contributed by atoms with Gasteiger partial charge in [0, 0.05) is 30.3 Å². The van der Waals surface area contributed by atoms with Gasteiger partial charge in [0.25, 0.3) is 0 Å². The summed E-state index contributed by atoms with van der Waals surface area (Å²) in [6.45, 7) is 3.09. The number of nitrogens with zero attached hydrogens (tertiary/aromatic N) is 2. The Morgan fingerprint density at radius 1 is 1.19 bits per heavy atom. The molecule has 1 aliphatic carbocycles. The van der Waals surface area contributed by atoms with Crippen LogP contribution in [0, 0.1) is 11.3 Å². The SMILES string of the molecule is CCOc1ccc2c(C#N)c(-c3ccc(NC(=O)OCCOC)cc3)n(C3CCC3)c2c1. The van der Waals surface area contributed by atoms with Gasteiger partial charge < -0.3 is 18.8 Å². The van der Waals surface area contributed by atoms with Crippen LogP contribution in [0.1, 0.15) is 37.8 Å². The minimum Gasteiger partial charge on any atom is -0.494 e. The Hall–Kier alpha value is -3.50. The molecule has 0 aliphatic heterocycles. The van der Waals surface area contributed by atoms with Gasteiger partial charge in [0.05, 0.1) is 30.0 Å². The molecule has 0 radical (unpaired) electrons. The highest BCUT2D eigenvalue weighted by Crippen LogP contribution is 2.43. The topological polar surface area (TPSA) is 85.5 Å². The first kappa shape index (κ1) is 21.7. The minimum atomic E-state index is -0.528. The number of nitriles is 1. The monoisotopic (exact) mass is 433 g/mol. The van der Waals surface area contributed by atoms with Crippen molar-refractivity contribution < 1.29 is 19.0 Å². The summed E-state index contributed by atoms with van der Waals surface area (Å²) in [5.74, 6) is 0.806. The molecule has 32 heavy (non-hydrogen) atoms. The fourth-order valence-corrected chi connectivity index (χ4v) is 4.05. The molecule has 2 aromatic carbocycles. The summed E-state index contributed by atoms with van der Waals surface area (Å²) in [4.78, 5) is 11.9. The van der Waals surface area contributed by atoms with Crippen molar-refractivity contribution in [3.63, 3.8) is 0 Å². The van der Waals surface area contributed by atoms with Crippen LogP contribution in [-0.2, 0) is 9.47 Å². The molecule has 7 nitrogen and oxygen atoms in total. The van der Waals surface area contributed by atoms with E-state index in [4.69, 9.17) is 14.2 Å². The second kappa shape index (κ2) is 9.75. The molecule has 7 heteroatoms. The number of hydrogen-bond acceptors (Lipinski definition) is 5. The molecule has 3 aromatic rings. The second-order valence-corrected chi connectivity index (χ2v) is 7.73. The quantitative estimate of drug-likeness (QED) is 0.474. The second-order valence-electron chi connectivity index (χ2n) is 7.73. The Balaban J connectivity index is 1.70. The zero-order chi connectivity index (χ0) is 22.5. The van der Waals surface area contributed by atoms with E-state index in [1.807, 2.05) is 49.4 Å². The number of carbonyl (C=O) groups is 1. The van der Waals surface area contributed by atoms with E-state index in [1.165, 1.54) is 6.42 Å². The number of methoxy groups -OCH3 is 1. The summed E-state index contributed by atoms with van der Waals surface area (Å²) in [7, 11) is 1.55. The molecule has 1 aliphatic rings. The molecule has 1 amide bonds. The van der Waals surface area contributed by atoms with E-state index >= 15 is 0 Å². The number of rotatable bonds is 8. The summed E-state index contributed by atoms with van der Waals surface area (Å²) >= 11 is 0. The number of anilines is 1. The van der Waals surface area contributed by atoms with Gasteiger partial charge in [-0.25, -0.2) is 4.79 Å². The Kier molecular flexibility index (Phi) is 6.62. The molecule has 1 heterocycles. The number of ether oxygens (including phenoxy) is 3. The van der Waals surface area contributed by atoms with E-state index in [2.05, 4.69) is 16.0 Å². The van der Waals surface area contributed by atoms with Crippen molar-refractivity contribution in [3.05, 3.63) is 48.0 Å². The lowest BCUT2D eigenvalue weighted by molar-refractivity contribution is 0.107. The van der Waals surface area contributed by atoms with Gasteiger partial charge in [-0.15, -0.1) is 0 Å². The van der Waals surface area contributed by atoms with Crippen LogP contribution in [0.15, 0.2) is 42.5 Å². The predicted octanol–water partition coefficient (Wildman–Crippen LogP) is 5.50. The molecule has 0 saturated heterocycles. The van der Waals surface area contributed by atoms with Crippen LogP contribution in [0.5, 0.6) is 5.75 Å². The summed E-state index contributed by atoms with van der Waals surface area (Å²) in [5, 5.41) is 13.7. The van der Waals surface area contributed by atoms with Gasteiger partial charge in [0.1, 0.15) is 18.4 Å². The number of carbonyl (C=O) groups excluding carboxylic acids is 1. The van der Waals surface area contributed by atoms with Gasteiger partial charge in [-0.3, -0.25) is 5.32 Å². The summed E-state index contributed by atoms with van der Waals surface area (Å²) in [5.41, 5.74) is 4.15. The molecule has 0 bridgehead atoms. The lowest BCUT2D eigenvalue weighted by atomic mass is 9.92. The largest absolute Gasteiger partial charge is 0.494 e. The Morgan fingerprint density at radius 3 is 2.59 bits per heavy atom. The van der Waals surface area contributed by atoms with Gasteiger partial charge in [-0.2, -0.15) is 5.26 Å². The average Bonchev–Trinajstić information content (AvgIpc) is 3.07. The van der Waals surface area contributed by atoms with E-state index in [0.717, 1.165) is 40.8 Å². The highest BCUT2D eigenvalue weighted by atomic mass is 16.6. The summed E-state index contributed by atoms with van der Waals surface area (Å²) < 4.78 is 17.9. The van der Waals surface area contributed by atoms with Crippen LogP contribution in [0.2, 0.25) is 0 Å². The number of benzene rings is 2. The Morgan fingerprint density at radius 2 is 1.97 bits per heavy atom. The smallest absolute Gasteiger partial charge is 0.411 e. The van der Waals surface area contributed by atoms with Gasteiger partial charge in [0.15, 0.2) is 0 Å². The number of nitrogens with one attached hydrogen (secondary N) is 1. The molecule has 0 atom stereocenters. The predicted molar refractivity (Wildman–Crippen MR) is 123 cm³/mol. The fraction of sp³-hybridized carbons (Fsp3) is 0.360. The summed E-state index contributed by atoms with van der Waals surface area (Å²) in [6, 6.07) is 16.2. The zero-order valence-electron chi connectivity index (χ0n) is 18.4. The zero-order valence-corrected chi connectivity index (χ0v) is 18.4. The van der Waals surface area contributed by atoms with E-state index < -0.39 is 6.09 Å². The van der Waals surface area contributed by atoms with Gasteiger partial charge in [-0.05, 0) is 56.0 Å². The van der Waals surface area contributed by atoms with Crippen molar-refractivity contribution in [1.82, 2.24) is 4.57 Å². The first-order chi connectivity index (χ1) is 15.7. The maximum absolute atomic E-state index is 11.9. The minimum absolute atomic E-state index is 0.192. The molecule has 1 saturated carbocycles. The van der Waals surface area contributed by atoms with Crippen molar-refractivity contribution in [2.75, 3.05) is 32.2 Å². The highest BCUT2D eigenvalue weighted by Gasteiger charge is 2.28. The molecule has 0 spiro atoms. The third-order valence-corrected chi connectivity index (χ3v) is 5.76. The molecule has 1 fully saturated rings. The van der Waals surface area contributed by atoms with E-state index in [-0.39, 0.29) is 6.61 Å². The van der Waals surface area contributed by atoms with Crippen LogP contribution in [0.3, 0.4) is 0 Å². The average molecular weight is 434 g/mol. The number of hydrogen-bond donors (Lipinski definition) is 1. The molecule has 166 valence electrons. The molecular formula is C25H27N3O4. The maximum Gasteiger partial charge on any atom is 0.411 e. The van der Waals surface area contributed by atoms with Gasteiger partial charge in [-0.1, -0.05) is 12.1 Å². The van der Waals surface area contributed by atoms with E-state index in [0.29, 0.717) is 30.5 Å². The van der Waals surface area contributed by atoms with Crippen molar-refractivity contribution in [3.8, 4) is 23.1 Å². The van der Waals surface area contributed by atoms with Gasteiger partial charge >= 0.3 is 6.09 Å². The van der Waals surface area contributed by atoms with E-state index in [9.17, 15) is 10.1 Å². The third kappa shape index (κ3) is 4.27. The van der Waals surface area contributed by atoms with Crippen molar-refractivity contribution >= 4 is 22.7 Å². The number of aromatic nitrogens is 1. The maximum atomic E-state index is 11.9. The van der Waals surface area contributed by atoms with Crippen molar-refractivity contribution in [1.29, 1.82) is 5.26 Å². The number of fused-ring (bicyclic) bond motifs is 1. The molecule has 0 unspecified atom stereocenters. The van der Waals surface area contributed by atoms with Crippen LogP contribution >= 0.6 is 0 Å². The molecule has 1 N–H and O–H groups in total. The lowest BCUT2D eigenvalue weighted by Gasteiger charge is -2.30. The van der Waals surface area contributed by atoms with Crippen molar-refractivity contribution in [2.24, 2.45) is 0 Å².